The molecule has 3 rings (SSSR count). The van der Waals surface area contributed by atoms with Crippen molar-refractivity contribution in [3.63, 3.8) is 0 Å². The van der Waals surface area contributed by atoms with Gasteiger partial charge < -0.3 is 5.32 Å². The van der Waals surface area contributed by atoms with Crippen molar-refractivity contribution >= 4 is 10.9 Å². The standard InChI is InChI=1S/C19H26N2/c1-2-5-15-8-10-17(11-9-15)21-14-16-12-13-20-19-7-4-3-6-18(16)19/h3-4,6-7,12-13,15,17,21H,2,5,8-11,14H2,1H3. The van der Waals surface area contributed by atoms with Crippen LogP contribution in [0.5, 0.6) is 0 Å². The Kier molecular flexibility index (Phi) is 4.87. The number of nitrogens with one attached hydrogen (secondary N) is 1. The smallest absolute Gasteiger partial charge is 0.0705 e. The van der Waals surface area contributed by atoms with E-state index in [-0.39, 0.29) is 0 Å². The van der Waals surface area contributed by atoms with E-state index in [0.29, 0.717) is 6.04 Å². The molecule has 0 atom stereocenters. The molecule has 1 aliphatic carbocycles. The van der Waals surface area contributed by atoms with E-state index in [0.717, 1.165) is 18.0 Å². The normalized spacial score (nSPS) is 22.5. The summed E-state index contributed by atoms with van der Waals surface area (Å²) in [5, 5.41) is 5.05. The van der Waals surface area contributed by atoms with E-state index in [9.17, 15) is 0 Å². The van der Waals surface area contributed by atoms with Crippen molar-refractivity contribution in [1.29, 1.82) is 0 Å². The molecule has 1 fully saturated rings. The van der Waals surface area contributed by atoms with Gasteiger partial charge in [0, 0.05) is 24.2 Å². The van der Waals surface area contributed by atoms with E-state index in [1.54, 1.807) is 0 Å². The third kappa shape index (κ3) is 3.62. The zero-order valence-electron chi connectivity index (χ0n) is 13.0. The Balaban J connectivity index is 1.58. The second kappa shape index (κ2) is 7.04. The van der Waals surface area contributed by atoms with Gasteiger partial charge in [0.2, 0.25) is 0 Å². The number of benzene rings is 1. The molecular formula is C19H26N2. The van der Waals surface area contributed by atoms with Gasteiger partial charge in [0.1, 0.15) is 0 Å². The second-order valence-corrected chi connectivity index (χ2v) is 6.37. The Labute approximate surface area is 128 Å². The van der Waals surface area contributed by atoms with Gasteiger partial charge in [-0.1, -0.05) is 38.0 Å². The fourth-order valence-electron chi connectivity index (χ4n) is 3.63. The number of hydrogen-bond acceptors (Lipinski definition) is 2. The van der Waals surface area contributed by atoms with E-state index in [4.69, 9.17) is 0 Å². The van der Waals surface area contributed by atoms with Gasteiger partial charge in [-0.15, -0.1) is 0 Å². The van der Waals surface area contributed by atoms with Gasteiger partial charge in [-0.2, -0.15) is 0 Å². The van der Waals surface area contributed by atoms with Crippen LogP contribution in [0, 0.1) is 5.92 Å². The molecule has 0 saturated heterocycles. The van der Waals surface area contributed by atoms with E-state index in [1.165, 1.54) is 49.5 Å². The highest BCUT2D eigenvalue weighted by Gasteiger charge is 2.20. The third-order valence-corrected chi connectivity index (χ3v) is 4.86. The van der Waals surface area contributed by atoms with E-state index < -0.39 is 0 Å². The Morgan fingerprint density at radius 3 is 2.71 bits per heavy atom. The molecule has 0 bridgehead atoms. The number of para-hydroxylation sites is 1. The van der Waals surface area contributed by atoms with Crippen LogP contribution in [0.1, 0.15) is 51.0 Å². The summed E-state index contributed by atoms with van der Waals surface area (Å²) in [7, 11) is 0. The molecule has 0 radical (unpaired) electrons. The lowest BCUT2D eigenvalue weighted by Gasteiger charge is -2.29. The van der Waals surface area contributed by atoms with Crippen LogP contribution in [0.3, 0.4) is 0 Å². The predicted molar refractivity (Wildman–Crippen MR) is 89.2 cm³/mol. The Morgan fingerprint density at radius 1 is 1.10 bits per heavy atom. The molecule has 2 aromatic rings. The molecular weight excluding hydrogens is 256 g/mol. The maximum absolute atomic E-state index is 4.44. The lowest BCUT2D eigenvalue weighted by molar-refractivity contribution is 0.278. The largest absolute Gasteiger partial charge is 0.310 e. The van der Waals surface area contributed by atoms with Crippen LogP contribution in [-0.2, 0) is 6.54 Å². The van der Waals surface area contributed by atoms with Crippen molar-refractivity contribution < 1.29 is 0 Å². The first kappa shape index (κ1) is 14.5. The molecule has 0 aliphatic heterocycles. The fourth-order valence-corrected chi connectivity index (χ4v) is 3.63. The molecule has 0 amide bonds. The minimum Gasteiger partial charge on any atom is -0.310 e. The maximum atomic E-state index is 4.44. The number of fused-ring (bicyclic) bond motifs is 1. The summed E-state index contributed by atoms with van der Waals surface area (Å²) in [4.78, 5) is 4.44. The molecule has 1 aliphatic rings. The highest BCUT2D eigenvalue weighted by Crippen LogP contribution is 2.28. The summed E-state index contributed by atoms with van der Waals surface area (Å²) >= 11 is 0. The van der Waals surface area contributed by atoms with Crippen LogP contribution in [0.2, 0.25) is 0 Å². The van der Waals surface area contributed by atoms with E-state index in [2.05, 4.69) is 47.6 Å². The summed E-state index contributed by atoms with van der Waals surface area (Å²) in [6.45, 7) is 3.27. The van der Waals surface area contributed by atoms with Crippen molar-refractivity contribution in [2.45, 2.75) is 58.0 Å². The second-order valence-electron chi connectivity index (χ2n) is 6.37. The van der Waals surface area contributed by atoms with Gasteiger partial charge in [0.15, 0.2) is 0 Å². The van der Waals surface area contributed by atoms with Gasteiger partial charge in [0.25, 0.3) is 0 Å². The van der Waals surface area contributed by atoms with E-state index in [1.807, 2.05) is 6.20 Å². The average Bonchev–Trinajstić information content (AvgIpc) is 2.54. The third-order valence-electron chi connectivity index (χ3n) is 4.86. The lowest BCUT2D eigenvalue weighted by atomic mass is 9.83. The van der Waals surface area contributed by atoms with Crippen LogP contribution < -0.4 is 5.32 Å². The van der Waals surface area contributed by atoms with Crippen LogP contribution in [0.25, 0.3) is 10.9 Å². The summed E-state index contributed by atoms with van der Waals surface area (Å²) < 4.78 is 0. The average molecular weight is 282 g/mol. The number of aromatic nitrogens is 1. The van der Waals surface area contributed by atoms with Gasteiger partial charge in [-0.25, -0.2) is 0 Å². The van der Waals surface area contributed by atoms with Crippen molar-refractivity contribution in [1.82, 2.24) is 10.3 Å². The molecule has 112 valence electrons. The lowest BCUT2D eigenvalue weighted by Crippen LogP contribution is -2.32. The molecule has 0 unspecified atom stereocenters. The molecule has 2 heteroatoms. The minimum atomic E-state index is 0.699. The zero-order valence-corrected chi connectivity index (χ0v) is 13.0. The Hall–Kier alpha value is -1.41. The van der Waals surface area contributed by atoms with Gasteiger partial charge in [0.05, 0.1) is 5.52 Å². The molecule has 1 N–H and O–H groups in total. The Bertz CT molecular complexity index is 565. The molecule has 2 nitrogen and oxygen atoms in total. The number of hydrogen-bond donors (Lipinski definition) is 1. The first-order valence-electron chi connectivity index (χ1n) is 8.43. The molecule has 1 saturated carbocycles. The highest BCUT2D eigenvalue weighted by atomic mass is 14.9. The maximum Gasteiger partial charge on any atom is 0.0705 e. The Morgan fingerprint density at radius 2 is 1.90 bits per heavy atom. The van der Waals surface area contributed by atoms with E-state index >= 15 is 0 Å². The number of pyridine rings is 1. The predicted octanol–water partition coefficient (Wildman–Crippen LogP) is 4.68. The van der Waals surface area contributed by atoms with Crippen LogP contribution >= 0.6 is 0 Å². The SMILES string of the molecule is CCCC1CCC(NCc2ccnc3ccccc23)CC1. The fraction of sp³-hybridized carbons (Fsp3) is 0.526. The first-order valence-corrected chi connectivity index (χ1v) is 8.43. The zero-order chi connectivity index (χ0) is 14.5. The molecule has 1 aromatic heterocycles. The highest BCUT2D eigenvalue weighted by molar-refractivity contribution is 5.81. The summed E-state index contributed by atoms with van der Waals surface area (Å²) in [6, 6.07) is 11.3. The number of nitrogens with zero attached hydrogens (tertiary/aromatic N) is 1. The monoisotopic (exact) mass is 282 g/mol. The number of rotatable bonds is 5. The topological polar surface area (TPSA) is 24.9 Å². The van der Waals surface area contributed by atoms with Crippen molar-refractivity contribution in [2.75, 3.05) is 0 Å². The van der Waals surface area contributed by atoms with Gasteiger partial charge in [-0.05, 0) is 49.3 Å². The molecule has 0 spiro atoms. The summed E-state index contributed by atoms with van der Waals surface area (Å²) in [6.07, 6.45) is 10.2. The minimum absolute atomic E-state index is 0.699. The van der Waals surface area contributed by atoms with Crippen molar-refractivity contribution in [2.24, 2.45) is 5.92 Å². The van der Waals surface area contributed by atoms with Crippen LogP contribution in [0.4, 0.5) is 0 Å². The molecule has 21 heavy (non-hydrogen) atoms. The van der Waals surface area contributed by atoms with Crippen molar-refractivity contribution in [3.8, 4) is 0 Å². The van der Waals surface area contributed by atoms with Crippen LogP contribution in [0.15, 0.2) is 36.5 Å². The van der Waals surface area contributed by atoms with Gasteiger partial charge >= 0.3 is 0 Å². The molecule has 1 heterocycles. The van der Waals surface area contributed by atoms with Crippen LogP contribution in [-0.4, -0.2) is 11.0 Å². The summed E-state index contributed by atoms with van der Waals surface area (Å²) in [5.74, 6) is 0.981. The molecule has 1 aromatic carbocycles. The van der Waals surface area contributed by atoms with Crippen molar-refractivity contribution in [3.05, 3.63) is 42.1 Å². The first-order chi connectivity index (χ1) is 10.4. The van der Waals surface area contributed by atoms with Gasteiger partial charge in [-0.3, -0.25) is 4.98 Å². The summed E-state index contributed by atoms with van der Waals surface area (Å²) in [5.41, 5.74) is 2.47. The quantitative estimate of drug-likeness (QED) is 0.861.